The Morgan fingerprint density at radius 2 is 2.05 bits per heavy atom. The molecule has 0 aliphatic rings. The molecule has 0 spiro atoms. The van der Waals surface area contributed by atoms with Gasteiger partial charge in [0.2, 0.25) is 0 Å². The first kappa shape index (κ1) is 15.3. The monoisotopic (exact) mass is 303 g/mol. The third-order valence-electron chi connectivity index (χ3n) is 3.04. The Hall–Kier alpha value is -2.05. The average Bonchev–Trinajstić information content (AvgIpc) is 2.74. The molecular weight excluding hydrogens is 290 g/mol. The van der Waals surface area contributed by atoms with Crippen molar-refractivity contribution in [3.8, 4) is 0 Å². The number of hydrogen-bond donors (Lipinski definition) is 1. The number of alkyl halides is 3. The summed E-state index contributed by atoms with van der Waals surface area (Å²) in [4.78, 5) is 13.6. The van der Waals surface area contributed by atoms with Crippen molar-refractivity contribution >= 4 is 16.9 Å². The molecule has 0 aliphatic carbocycles. The molecule has 0 saturated carbocycles. The molecule has 0 atom stereocenters. The molecular formula is C14H13F4NO2. The van der Waals surface area contributed by atoms with Gasteiger partial charge in [0.1, 0.15) is 11.5 Å². The third-order valence-corrected chi connectivity index (χ3v) is 3.04. The van der Waals surface area contributed by atoms with Gasteiger partial charge in [-0.1, -0.05) is 0 Å². The van der Waals surface area contributed by atoms with E-state index in [0.717, 1.165) is 12.1 Å². The zero-order valence-electron chi connectivity index (χ0n) is 11.2. The molecule has 0 saturated heterocycles. The van der Waals surface area contributed by atoms with Gasteiger partial charge < -0.3 is 9.72 Å². The van der Waals surface area contributed by atoms with Gasteiger partial charge in [-0.05, 0) is 37.1 Å². The lowest BCUT2D eigenvalue weighted by atomic mass is 10.0. The number of carbonyl (C=O) groups is 1. The maximum Gasteiger partial charge on any atom is 0.431 e. The topological polar surface area (TPSA) is 42.1 Å². The average molecular weight is 303 g/mol. The highest BCUT2D eigenvalue weighted by atomic mass is 19.4. The van der Waals surface area contributed by atoms with E-state index in [1.54, 1.807) is 6.92 Å². The van der Waals surface area contributed by atoms with Crippen LogP contribution in [-0.2, 0) is 22.1 Å². The summed E-state index contributed by atoms with van der Waals surface area (Å²) in [6.45, 7) is 1.77. The molecule has 2 rings (SSSR count). The number of aromatic nitrogens is 1. The summed E-state index contributed by atoms with van der Waals surface area (Å²) < 4.78 is 57.0. The van der Waals surface area contributed by atoms with E-state index in [1.165, 1.54) is 6.07 Å². The SMILES string of the molecule is CCOC(=O)CCc1c(C(F)(F)F)[nH]c2ccc(F)cc12. The molecule has 0 amide bonds. The van der Waals surface area contributed by atoms with Crippen molar-refractivity contribution < 1.29 is 27.1 Å². The van der Waals surface area contributed by atoms with Crippen molar-refractivity contribution in [3.63, 3.8) is 0 Å². The smallest absolute Gasteiger partial charge is 0.431 e. The highest BCUT2D eigenvalue weighted by Crippen LogP contribution is 2.36. The quantitative estimate of drug-likeness (QED) is 0.689. The molecule has 0 bridgehead atoms. The van der Waals surface area contributed by atoms with Crippen molar-refractivity contribution in [1.82, 2.24) is 4.98 Å². The minimum Gasteiger partial charge on any atom is -0.466 e. The maximum absolute atomic E-state index is 13.3. The fraction of sp³-hybridized carbons (Fsp3) is 0.357. The van der Waals surface area contributed by atoms with Crippen molar-refractivity contribution in [2.24, 2.45) is 0 Å². The molecule has 1 aromatic heterocycles. The molecule has 0 aliphatic heterocycles. The zero-order chi connectivity index (χ0) is 15.6. The number of aromatic amines is 1. The van der Waals surface area contributed by atoms with Gasteiger partial charge in [-0.3, -0.25) is 4.79 Å². The predicted octanol–water partition coefficient (Wildman–Crippen LogP) is 3.82. The van der Waals surface area contributed by atoms with Crippen molar-refractivity contribution in [2.75, 3.05) is 6.61 Å². The van der Waals surface area contributed by atoms with Gasteiger partial charge in [0.25, 0.3) is 0 Å². The Kier molecular flexibility index (Phi) is 4.20. The minimum absolute atomic E-state index is 0.120. The lowest BCUT2D eigenvalue weighted by Gasteiger charge is -2.08. The molecule has 1 aromatic carbocycles. The molecule has 2 aromatic rings. The van der Waals surface area contributed by atoms with Gasteiger partial charge in [0.15, 0.2) is 0 Å². The standard InChI is InChI=1S/C14H13F4NO2/c1-2-21-12(20)6-4-9-10-7-8(15)3-5-11(10)19-13(9)14(16,17)18/h3,5,7,19H,2,4,6H2,1H3. The first-order valence-corrected chi connectivity index (χ1v) is 6.36. The Balaban J connectivity index is 2.42. The lowest BCUT2D eigenvalue weighted by Crippen LogP contribution is -2.11. The summed E-state index contributed by atoms with van der Waals surface area (Å²) >= 11 is 0. The van der Waals surface area contributed by atoms with Crippen LogP contribution >= 0.6 is 0 Å². The molecule has 1 heterocycles. The second-order valence-corrected chi connectivity index (χ2v) is 4.47. The van der Waals surface area contributed by atoms with Crippen LogP contribution in [0.3, 0.4) is 0 Å². The normalized spacial score (nSPS) is 11.9. The molecule has 1 N–H and O–H groups in total. The van der Waals surface area contributed by atoms with E-state index in [2.05, 4.69) is 4.98 Å². The Morgan fingerprint density at radius 1 is 1.33 bits per heavy atom. The Bertz CT molecular complexity index is 661. The number of nitrogens with one attached hydrogen (secondary N) is 1. The van der Waals surface area contributed by atoms with E-state index in [-0.39, 0.29) is 35.9 Å². The summed E-state index contributed by atoms with van der Waals surface area (Å²) in [6, 6.07) is 3.35. The minimum atomic E-state index is -4.60. The van der Waals surface area contributed by atoms with E-state index < -0.39 is 23.7 Å². The van der Waals surface area contributed by atoms with Crippen LogP contribution in [0.25, 0.3) is 10.9 Å². The van der Waals surface area contributed by atoms with Crippen molar-refractivity contribution in [3.05, 3.63) is 35.3 Å². The molecule has 114 valence electrons. The highest BCUT2D eigenvalue weighted by molar-refractivity contribution is 5.85. The largest absolute Gasteiger partial charge is 0.466 e. The lowest BCUT2D eigenvalue weighted by molar-refractivity contribution is -0.144. The van der Waals surface area contributed by atoms with E-state index >= 15 is 0 Å². The van der Waals surface area contributed by atoms with Crippen LogP contribution in [0.15, 0.2) is 18.2 Å². The van der Waals surface area contributed by atoms with Crippen molar-refractivity contribution in [1.29, 1.82) is 0 Å². The molecule has 3 nitrogen and oxygen atoms in total. The van der Waals surface area contributed by atoms with Gasteiger partial charge in [-0.2, -0.15) is 13.2 Å². The summed E-state index contributed by atoms with van der Waals surface area (Å²) in [5.74, 6) is -1.22. The number of carbonyl (C=O) groups excluding carboxylic acids is 1. The maximum atomic E-state index is 13.3. The van der Waals surface area contributed by atoms with Crippen LogP contribution in [0, 0.1) is 5.82 Å². The number of esters is 1. The van der Waals surface area contributed by atoms with Crippen LogP contribution in [0.4, 0.5) is 17.6 Å². The number of aryl methyl sites for hydroxylation is 1. The fourth-order valence-electron chi connectivity index (χ4n) is 2.18. The summed E-state index contributed by atoms with van der Waals surface area (Å²) in [5.41, 5.74) is -0.889. The van der Waals surface area contributed by atoms with E-state index in [9.17, 15) is 22.4 Å². The number of hydrogen-bond acceptors (Lipinski definition) is 2. The summed E-state index contributed by atoms with van der Waals surface area (Å²) in [6.07, 6.45) is -4.96. The predicted molar refractivity (Wildman–Crippen MR) is 68.2 cm³/mol. The first-order valence-electron chi connectivity index (χ1n) is 6.36. The second-order valence-electron chi connectivity index (χ2n) is 4.47. The van der Waals surface area contributed by atoms with Gasteiger partial charge >= 0.3 is 12.1 Å². The Morgan fingerprint density at radius 3 is 2.67 bits per heavy atom. The number of benzene rings is 1. The number of rotatable bonds is 4. The third kappa shape index (κ3) is 3.34. The van der Waals surface area contributed by atoms with Crippen LogP contribution < -0.4 is 0 Å². The summed E-state index contributed by atoms with van der Waals surface area (Å²) in [7, 11) is 0. The van der Waals surface area contributed by atoms with Crippen LogP contribution in [0.5, 0.6) is 0 Å². The summed E-state index contributed by atoms with van der Waals surface area (Å²) in [5, 5.41) is 0.131. The van der Waals surface area contributed by atoms with Crippen molar-refractivity contribution in [2.45, 2.75) is 25.9 Å². The number of H-pyrrole nitrogens is 1. The van der Waals surface area contributed by atoms with E-state index in [4.69, 9.17) is 4.74 Å². The molecule has 21 heavy (non-hydrogen) atoms. The Labute approximate surface area is 117 Å². The van der Waals surface area contributed by atoms with Crippen LogP contribution in [0.2, 0.25) is 0 Å². The van der Waals surface area contributed by atoms with E-state index in [0.29, 0.717) is 0 Å². The molecule has 0 unspecified atom stereocenters. The molecule has 7 heteroatoms. The van der Waals surface area contributed by atoms with Crippen LogP contribution in [-0.4, -0.2) is 17.6 Å². The van der Waals surface area contributed by atoms with Crippen LogP contribution in [0.1, 0.15) is 24.6 Å². The highest BCUT2D eigenvalue weighted by Gasteiger charge is 2.36. The second kappa shape index (κ2) is 5.75. The zero-order valence-corrected chi connectivity index (χ0v) is 11.2. The van der Waals surface area contributed by atoms with Gasteiger partial charge in [0.05, 0.1) is 6.61 Å². The molecule has 0 fully saturated rings. The molecule has 0 radical (unpaired) electrons. The number of ether oxygens (including phenoxy) is 1. The number of halogens is 4. The number of fused-ring (bicyclic) bond motifs is 1. The van der Waals surface area contributed by atoms with Gasteiger partial charge in [-0.25, -0.2) is 4.39 Å². The van der Waals surface area contributed by atoms with Gasteiger partial charge in [-0.15, -0.1) is 0 Å². The fourth-order valence-corrected chi connectivity index (χ4v) is 2.18. The first-order chi connectivity index (χ1) is 9.82. The van der Waals surface area contributed by atoms with E-state index in [1.807, 2.05) is 0 Å². The van der Waals surface area contributed by atoms with Gasteiger partial charge in [0, 0.05) is 17.3 Å².